The van der Waals surface area contributed by atoms with Crippen LogP contribution >= 0.6 is 43.5 Å². The van der Waals surface area contributed by atoms with Crippen molar-refractivity contribution in [2.45, 2.75) is 13.5 Å². The largest absolute Gasteiger partial charge is 0.479 e. The standard InChI is InChI=1S/C17H14Br2ClNO/c1-3-7-22-17-13(18)8-12(9-14(17)19)10-21-16-6-4-5-15(20)11(16)2/h1,4-6,8-9,21H,7,10H2,2H3. The highest BCUT2D eigenvalue weighted by molar-refractivity contribution is 9.11. The van der Waals surface area contributed by atoms with Gasteiger partial charge in [-0.15, -0.1) is 6.42 Å². The van der Waals surface area contributed by atoms with Gasteiger partial charge in [0.05, 0.1) is 8.95 Å². The lowest BCUT2D eigenvalue weighted by atomic mass is 10.1. The Labute approximate surface area is 152 Å². The van der Waals surface area contributed by atoms with E-state index in [4.69, 9.17) is 22.8 Å². The van der Waals surface area contributed by atoms with E-state index < -0.39 is 0 Å². The molecule has 5 heteroatoms. The van der Waals surface area contributed by atoms with Crippen LogP contribution in [-0.4, -0.2) is 6.61 Å². The minimum atomic E-state index is 0.233. The molecule has 114 valence electrons. The Morgan fingerprint density at radius 1 is 1.27 bits per heavy atom. The third-order valence-electron chi connectivity index (χ3n) is 3.11. The quantitative estimate of drug-likeness (QED) is 0.590. The molecule has 0 aliphatic carbocycles. The van der Waals surface area contributed by atoms with Gasteiger partial charge in [-0.05, 0) is 74.2 Å². The van der Waals surface area contributed by atoms with Crippen LogP contribution in [0.1, 0.15) is 11.1 Å². The highest BCUT2D eigenvalue weighted by Crippen LogP contribution is 2.35. The SMILES string of the molecule is C#CCOc1c(Br)cc(CNc2cccc(Cl)c2C)cc1Br. The Hall–Kier alpha value is -1.15. The summed E-state index contributed by atoms with van der Waals surface area (Å²) in [7, 11) is 0. The van der Waals surface area contributed by atoms with Gasteiger partial charge >= 0.3 is 0 Å². The average molecular weight is 444 g/mol. The van der Waals surface area contributed by atoms with E-state index in [0.29, 0.717) is 12.3 Å². The summed E-state index contributed by atoms with van der Waals surface area (Å²) < 4.78 is 7.22. The molecule has 0 bridgehead atoms. The third kappa shape index (κ3) is 4.19. The smallest absolute Gasteiger partial charge is 0.149 e. The van der Waals surface area contributed by atoms with Gasteiger partial charge in [-0.2, -0.15) is 0 Å². The monoisotopic (exact) mass is 441 g/mol. The molecule has 0 amide bonds. The Bertz CT molecular complexity index is 702. The van der Waals surface area contributed by atoms with E-state index in [1.165, 1.54) is 0 Å². The lowest BCUT2D eigenvalue weighted by Gasteiger charge is -2.13. The maximum absolute atomic E-state index is 6.13. The van der Waals surface area contributed by atoms with Gasteiger partial charge in [-0.3, -0.25) is 0 Å². The summed E-state index contributed by atoms with van der Waals surface area (Å²) in [5, 5.41) is 4.14. The summed E-state index contributed by atoms with van der Waals surface area (Å²) >= 11 is 13.1. The van der Waals surface area contributed by atoms with Crippen LogP contribution in [0.2, 0.25) is 5.02 Å². The second-order valence-corrected chi connectivity index (χ2v) is 6.76. The molecule has 0 saturated heterocycles. The predicted molar refractivity (Wildman–Crippen MR) is 99.7 cm³/mol. The van der Waals surface area contributed by atoms with E-state index in [2.05, 4.69) is 43.1 Å². The molecule has 0 unspecified atom stereocenters. The Balaban J connectivity index is 2.14. The minimum absolute atomic E-state index is 0.233. The Morgan fingerprint density at radius 3 is 2.59 bits per heavy atom. The van der Waals surface area contributed by atoms with Crippen LogP contribution in [0.5, 0.6) is 5.75 Å². The molecule has 0 aliphatic rings. The van der Waals surface area contributed by atoms with Crippen LogP contribution in [0.15, 0.2) is 39.3 Å². The lowest BCUT2D eigenvalue weighted by Crippen LogP contribution is -2.02. The van der Waals surface area contributed by atoms with Gasteiger partial charge in [0.1, 0.15) is 12.4 Å². The molecule has 0 saturated carbocycles. The van der Waals surface area contributed by atoms with E-state index in [1.54, 1.807) is 0 Å². The van der Waals surface area contributed by atoms with Crippen LogP contribution in [-0.2, 0) is 6.54 Å². The maximum Gasteiger partial charge on any atom is 0.149 e. The predicted octanol–water partition coefficient (Wildman–Crippen LogP) is 5.80. The average Bonchev–Trinajstić information content (AvgIpc) is 2.48. The van der Waals surface area contributed by atoms with E-state index in [1.807, 2.05) is 37.3 Å². The van der Waals surface area contributed by atoms with E-state index in [9.17, 15) is 0 Å². The molecule has 2 aromatic rings. The molecular formula is C17H14Br2ClNO. The van der Waals surface area contributed by atoms with Crippen molar-refractivity contribution < 1.29 is 4.74 Å². The van der Waals surface area contributed by atoms with Crippen molar-refractivity contribution in [1.82, 2.24) is 0 Å². The Morgan fingerprint density at radius 2 is 1.95 bits per heavy atom. The van der Waals surface area contributed by atoms with E-state index in [-0.39, 0.29) is 6.61 Å². The molecule has 1 N–H and O–H groups in total. The maximum atomic E-state index is 6.13. The fourth-order valence-corrected chi connectivity index (χ4v) is 3.65. The van der Waals surface area contributed by atoms with Crippen molar-refractivity contribution in [3.63, 3.8) is 0 Å². The first kappa shape index (κ1) is 17.2. The Kier molecular flexibility index (Phi) is 6.19. The second-order valence-electron chi connectivity index (χ2n) is 4.65. The van der Waals surface area contributed by atoms with Crippen LogP contribution in [0.25, 0.3) is 0 Å². The van der Waals surface area contributed by atoms with Gasteiger partial charge in [0.2, 0.25) is 0 Å². The van der Waals surface area contributed by atoms with Gasteiger partial charge in [0.25, 0.3) is 0 Å². The third-order valence-corrected chi connectivity index (χ3v) is 4.70. The number of ether oxygens (including phenoxy) is 1. The summed E-state index contributed by atoms with van der Waals surface area (Å²) in [6.45, 7) is 2.90. The number of halogens is 3. The molecule has 0 aliphatic heterocycles. The molecule has 0 spiro atoms. The number of anilines is 1. The number of benzene rings is 2. The first-order valence-electron chi connectivity index (χ1n) is 6.56. The molecule has 0 heterocycles. The molecule has 0 aromatic heterocycles. The van der Waals surface area contributed by atoms with E-state index >= 15 is 0 Å². The number of hydrogen-bond acceptors (Lipinski definition) is 2. The fraction of sp³-hybridized carbons (Fsp3) is 0.176. The van der Waals surface area contributed by atoms with Gasteiger partial charge in [-0.25, -0.2) is 0 Å². The zero-order valence-electron chi connectivity index (χ0n) is 11.9. The van der Waals surface area contributed by atoms with Gasteiger partial charge < -0.3 is 10.1 Å². The molecular weight excluding hydrogens is 429 g/mol. The van der Waals surface area contributed by atoms with Crippen molar-refractivity contribution >= 4 is 49.1 Å². The van der Waals surface area contributed by atoms with Gasteiger partial charge in [0, 0.05) is 17.3 Å². The topological polar surface area (TPSA) is 21.3 Å². The van der Waals surface area contributed by atoms with Crippen molar-refractivity contribution in [1.29, 1.82) is 0 Å². The molecule has 0 radical (unpaired) electrons. The molecule has 0 atom stereocenters. The zero-order valence-corrected chi connectivity index (χ0v) is 15.8. The van der Waals surface area contributed by atoms with E-state index in [0.717, 1.165) is 30.8 Å². The molecule has 2 aromatic carbocycles. The summed E-state index contributed by atoms with van der Waals surface area (Å²) in [6.07, 6.45) is 5.22. The van der Waals surface area contributed by atoms with Crippen LogP contribution in [0.3, 0.4) is 0 Å². The second kappa shape index (κ2) is 7.92. The van der Waals surface area contributed by atoms with Gasteiger partial charge in [0.15, 0.2) is 0 Å². The highest BCUT2D eigenvalue weighted by Gasteiger charge is 2.09. The van der Waals surface area contributed by atoms with Crippen molar-refractivity contribution in [3.05, 3.63) is 55.4 Å². The van der Waals surface area contributed by atoms with Crippen molar-refractivity contribution in [2.75, 3.05) is 11.9 Å². The van der Waals surface area contributed by atoms with Crippen LogP contribution in [0, 0.1) is 19.3 Å². The molecule has 22 heavy (non-hydrogen) atoms. The first-order chi connectivity index (χ1) is 10.5. The minimum Gasteiger partial charge on any atom is -0.479 e. The summed E-state index contributed by atoms with van der Waals surface area (Å²) in [6, 6.07) is 9.83. The van der Waals surface area contributed by atoms with Crippen molar-refractivity contribution in [2.24, 2.45) is 0 Å². The number of rotatable bonds is 5. The molecule has 2 nitrogen and oxygen atoms in total. The number of nitrogens with one attached hydrogen (secondary N) is 1. The summed E-state index contributed by atoms with van der Waals surface area (Å²) in [4.78, 5) is 0. The zero-order chi connectivity index (χ0) is 16.1. The van der Waals surface area contributed by atoms with Gasteiger partial charge in [-0.1, -0.05) is 23.6 Å². The van der Waals surface area contributed by atoms with Crippen LogP contribution < -0.4 is 10.1 Å². The number of hydrogen-bond donors (Lipinski definition) is 1. The van der Waals surface area contributed by atoms with Crippen molar-refractivity contribution in [3.8, 4) is 18.1 Å². The number of terminal acetylenes is 1. The lowest BCUT2D eigenvalue weighted by molar-refractivity contribution is 0.365. The molecule has 0 fully saturated rings. The first-order valence-corrected chi connectivity index (χ1v) is 8.52. The summed E-state index contributed by atoms with van der Waals surface area (Å²) in [5.74, 6) is 3.16. The fourth-order valence-electron chi connectivity index (χ4n) is 1.96. The van der Waals surface area contributed by atoms with Crippen LogP contribution in [0.4, 0.5) is 5.69 Å². The molecule has 2 rings (SSSR count). The normalized spacial score (nSPS) is 10.1. The summed E-state index contributed by atoms with van der Waals surface area (Å²) in [5.41, 5.74) is 3.16. The highest BCUT2D eigenvalue weighted by atomic mass is 79.9.